The highest BCUT2D eigenvalue weighted by atomic mass is 16.5. The number of rotatable bonds is 6. The van der Waals surface area contributed by atoms with Crippen LogP contribution in [0.5, 0.6) is 17.2 Å². The molecule has 0 saturated heterocycles. The maximum atomic E-state index is 12.4. The van der Waals surface area contributed by atoms with Crippen LogP contribution >= 0.6 is 0 Å². The number of anilines is 1. The SMILES string of the molecule is COc1cc(C(=O)COc2ccc(N)cc2)c(OC)cc1C. The Morgan fingerprint density at radius 3 is 2.27 bits per heavy atom. The van der Waals surface area contributed by atoms with Crippen molar-refractivity contribution in [3.05, 3.63) is 47.5 Å². The fraction of sp³-hybridized carbons (Fsp3) is 0.235. The second kappa shape index (κ2) is 6.85. The van der Waals surface area contributed by atoms with E-state index in [1.807, 2.05) is 6.92 Å². The van der Waals surface area contributed by atoms with Gasteiger partial charge in [-0.1, -0.05) is 0 Å². The van der Waals surface area contributed by atoms with E-state index in [1.54, 1.807) is 43.5 Å². The Labute approximate surface area is 129 Å². The van der Waals surface area contributed by atoms with Crippen LogP contribution in [0.2, 0.25) is 0 Å². The molecular weight excluding hydrogens is 282 g/mol. The number of aryl methyl sites for hydroxylation is 1. The van der Waals surface area contributed by atoms with Gasteiger partial charge in [-0.25, -0.2) is 0 Å². The van der Waals surface area contributed by atoms with Gasteiger partial charge >= 0.3 is 0 Å². The number of hydrogen-bond acceptors (Lipinski definition) is 5. The first kappa shape index (κ1) is 15.7. The molecule has 0 saturated carbocycles. The monoisotopic (exact) mass is 301 g/mol. The van der Waals surface area contributed by atoms with Gasteiger partial charge in [0.1, 0.15) is 17.2 Å². The largest absolute Gasteiger partial charge is 0.496 e. The number of carbonyl (C=O) groups excluding carboxylic acids is 1. The lowest BCUT2D eigenvalue weighted by Crippen LogP contribution is -2.13. The molecule has 0 unspecified atom stereocenters. The molecule has 0 heterocycles. The Bertz CT molecular complexity index is 665. The van der Waals surface area contributed by atoms with Crippen molar-refractivity contribution in [2.75, 3.05) is 26.6 Å². The van der Waals surface area contributed by atoms with E-state index in [0.717, 1.165) is 5.56 Å². The minimum absolute atomic E-state index is 0.0908. The van der Waals surface area contributed by atoms with Crippen molar-refractivity contribution in [3.8, 4) is 17.2 Å². The van der Waals surface area contributed by atoms with Gasteiger partial charge in [0.15, 0.2) is 6.61 Å². The van der Waals surface area contributed by atoms with Gasteiger partial charge in [0.05, 0.1) is 19.8 Å². The van der Waals surface area contributed by atoms with Crippen LogP contribution in [-0.4, -0.2) is 26.6 Å². The summed E-state index contributed by atoms with van der Waals surface area (Å²) in [6.45, 7) is 1.80. The zero-order valence-electron chi connectivity index (χ0n) is 12.9. The fourth-order valence-corrected chi connectivity index (χ4v) is 2.06. The highest BCUT2D eigenvalue weighted by Crippen LogP contribution is 2.28. The predicted octanol–water partition coefficient (Wildman–Crippen LogP) is 2.86. The highest BCUT2D eigenvalue weighted by molar-refractivity contribution is 6.00. The van der Waals surface area contributed by atoms with E-state index in [0.29, 0.717) is 28.5 Å². The minimum atomic E-state index is -0.188. The normalized spacial score (nSPS) is 10.1. The topological polar surface area (TPSA) is 70.8 Å². The molecule has 2 aromatic rings. The summed E-state index contributed by atoms with van der Waals surface area (Å²) in [6.07, 6.45) is 0. The van der Waals surface area contributed by atoms with Gasteiger partial charge in [-0.2, -0.15) is 0 Å². The third kappa shape index (κ3) is 3.49. The van der Waals surface area contributed by atoms with Gasteiger partial charge in [0.2, 0.25) is 5.78 Å². The second-order valence-electron chi connectivity index (χ2n) is 4.80. The third-order valence-corrected chi connectivity index (χ3v) is 3.27. The predicted molar refractivity (Wildman–Crippen MR) is 85.0 cm³/mol. The number of carbonyl (C=O) groups is 1. The summed E-state index contributed by atoms with van der Waals surface area (Å²) in [5.74, 6) is 1.54. The molecule has 0 spiro atoms. The zero-order valence-corrected chi connectivity index (χ0v) is 12.9. The molecule has 2 rings (SSSR count). The van der Waals surface area contributed by atoms with E-state index in [9.17, 15) is 4.79 Å². The van der Waals surface area contributed by atoms with Gasteiger partial charge < -0.3 is 19.9 Å². The van der Waals surface area contributed by atoms with Crippen LogP contribution < -0.4 is 19.9 Å². The Morgan fingerprint density at radius 2 is 1.68 bits per heavy atom. The van der Waals surface area contributed by atoms with Gasteiger partial charge in [-0.3, -0.25) is 4.79 Å². The first-order valence-electron chi connectivity index (χ1n) is 6.79. The lowest BCUT2D eigenvalue weighted by Gasteiger charge is -2.13. The number of benzene rings is 2. The Kier molecular flexibility index (Phi) is 4.88. The van der Waals surface area contributed by atoms with Crippen molar-refractivity contribution in [3.63, 3.8) is 0 Å². The summed E-state index contributed by atoms with van der Waals surface area (Å²) in [5.41, 5.74) is 7.58. The first-order valence-corrected chi connectivity index (χ1v) is 6.79. The maximum Gasteiger partial charge on any atom is 0.204 e. The van der Waals surface area contributed by atoms with E-state index in [4.69, 9.17) is 19.9 Å². The lowest BCUT2D eigenvalue weighted by atomic mass is 10.1. The quantitative estimate of drug-likeness (QED) is 0.656. The van der Waals surface area contributed by atoms with Crippen LogP contribution in [0.4, 0.5) is 5.69 Å². The Hall–Kier alpha value is -2.69. The summed E-state index contributed by atoms with van der Waals surface area (Å²) in [6, 6.07) is 10.3. The standard InChI is InChI=1S/C17H19NO4/c1-11-8-17(21-3)14(9-16(11)20-2)15(19)10-22-13-6-4-12(18)5-7-13/h4-9H,10,18H2,1-3H3. The second-order valence-corrected chi connectivity index (χ2v) is 4.80. The van der Waals surface area contributed by atoms with Gasteiger partial charge in [0, 0.05) is 5.69 Å². The van der Waals surface area contributed by atoms with Gasteiger partial charge in [0.25, 0.3) is 0 Å². The highest BCUT2D eigenvalue weighted by Gasteiger charge is 2.16. The number of methoxy groups -OCH3 is 2. The number of hydrogen-bond donors (Lipinski definition) is 1. The molecule has 0 aliphatic carbocycles. The van der Waals surface area contributed by atoms with Gasteiger partial charge in [-0.05, 0) is 48.9 Å². The molecule has 0 bridgehead atoms. The summed E-state index contributed by atoms with van der Waals surface area (Å²) in [4.78, 5) is 12.4. The van der Waals surface area contributed by atoms with Crippen molar-refractivity contribution >= 4 is 11.5 Å². The van der Waals surface area contributed by atoms with Crippen molar-refractivity contribution in [1.29, 1.82) is 0 Å². The molecule has 0 aliphatic rings. The molecule has 0 radical (unpaired) electrons. The van der Waals surface area contributed by atoms with E-state index in [2.05, 4.69) is 0 Å². The maximum absolute atomic E-state index is 12.4. The zero-order chi connectivity index (χ0) is 16.1. The van der Waals surface area contributed by atoms with Crippen LogP contribution in [0.3, 0.4) is 0 Å². The fourth-order valence-electron chi connectivity index (χ4n) is 2.06. The smallest absolute Gasteiger partial charge is 0.204 e. The average Bonchev–Trinajstić information content (AvgIpc) is 2.53. The van der Waals surface area contributed by atoms with Crippen LogP contribution in [-0.2, 0) is 0 Å². The number of nitrogens with two attached hydrogens (primary N) is 1. The number of ketones is 1. The molecule has 116 valence electrons. The molecule has 0 aromatic heterocycles. The molecule has 5 heteroatoms. The summed E-state index contributed by atoms with van der Waals surface area (Å²) in [5, 5.41) is 0. The molecule has 0 atom stereocenters. The number of nitrogen functional groups attached to an aromatic ring is 1. The minimum Gasteiger partial charge on any atom is -0.496 e. The molecular formula is C17H19NO4. The van der Waals surface area contributed by atoms with Crippen LogP contribution in [0.25, 0.3) is 0 Å². The third-order valence-electron chi connectivity index (χ3n) is 3.27. The molecule has 2 N–H and O–H groups in total. The van der Waals surface area contributed by atoms with Gasteiger partial charge in [-0.15, -0.1) is 0 Å². The first-order chi connectivity index (χ1) is 10.5. The van der Waals surface area contributed by atoms with Crippen molar-refractivity contribution in [2.45, 2.75) is 6.92 Å². The van der Waals surface area contributed by atoms with Crippen LogP contribution in [0.1, 0.15) is 15.9 Å². The Morgan fingerprint density at radius 1 is 1.05 bits per heavy atom. The van der Waals surface area contributed by atoms with E-state index in [1.165, 1.54) is 7.11 Å². The van der Waals surface area contributed by atoms with E-state index in [-0.39, 0.29) is 12.4 Å². The number of Topliss-reactive ketones (excluding diaryl/α,β-unsaturated/α-hetero) is 1. The van der Waals surface area contributed by atoms with Crippen molar-refractivity contribution in [1.82, 2.24) is 0 Å². The molecule has 0 amide bonds. The number of ether oxygens (including phenoxy) is 3. The van der Waals surface area contributed by atoms with E-state index < -0.39 is 0 Å². The van der Waals surface area contributed by atoms with Crippen molar-refractivity contribution in [2.24, 2.45) is 0 Å². The molecule has 2 aromatic carbocycles. The average molecular weight is 301 g/mol. The summed E-state index contributed by atoms with van der Waals surface area (Å²) >= 11 is 0. The molecule has 22 heavy (non-hydrogen) atoms. The van der Waals surface area contributed by atoms with Crippen molar-refractivity contribution < 1.29 is 19.0 Å². The van der Waals surface area contributed by atoms with E-state index >= 15 is 0 Å². The lowest BCUT2D eigenvalue weighted by molar-refractivity contribution is 0.0918. The summed E-state index contributed by atoms with van der Waals surface area (Å²) in [7, 11) is 3.09. The van der Waals surface area contributed by atoms with Crippen LogP contribution in [0.15, 0.2) is 36.4 Å². The summed E-state index contributed by atoms with van der Waals surface area (Å²) < 4.78 is 16.0. The molecule has 5 nitrogen and oxygen atoms in total. The Balaban J connectivity index is 2.16. The molecule has 0 aliphatic heterocycles. The van der Waals surface area contributed by atoms with Crippen LogP contribution in [0, 0.1) is 6.92 Å². The molecule has 0 fully saturated rings.